The van der Waals surface area contributed by atoms with Crippen molar-refractivity contribution in [2.45, 2.75) is 6.92 Å². The molecule has 6 heteroatoms. The highest BCUT2D eigenvalue weighted by atomic mass is 35.5. The van der Waals surface area contributed by atoms with Gasteiger partial charge in [0.15, 0.2) is 0 Å². The van der Waals surface area contributed by atoms with Gasteiger partial charge >= 0.3 is 0 Å². The maximum atomic E-state index is 12.4. The van der Waals surface area contributed by atoms with Gasteiger partial charge in [0.1, 0.15) is 0 Å². The quantitative estimate of drug-likeness (QED) is 0.525. The van der Waals surface area contributed by atoms with Crippen molar-refractivity contribution >= 4 is 35.1 Å². The first-order valence-electron chi connectivity index (χ1n) is 7.50. The zero-order valence-corrected chi connectivity index (χ0v) is 14.4. The molecule has 2 aromatic rings. The van der Waals surface area contributed by atoms with Crippen molar-refractivity contribution in [3.8, 4) is 0 Å². The third kappa shape index (κ3) is 4.57. The van der Waals surface area contributed by atoms with E-state index in [9.17, 15) is 4.79 Å². The van der Waals surface area contributed by atoms with Crippen LogP contribution in [0.25, 0.3) is 0 Å². The largest absolute Gasteiger partial charge is 0.383 e. The lowest BCUT2D eigenvalue weighted by molar-refractivity contribution is 0.102. The van der Waals surface area contributed by atoms with Gasteiger partial charge in [0, 0.05) is 47.4 Å². The first kappa shape index (κ1) is 18.0. The van der Waals surface area contributed by atoms with Gasteiger partial charge in [0.25, 0.3) is 5.91 Å². The normalized spacial score (nSPS) is 10.3. The van der Waals surface area contributed by atoms with Gasteiger partial charge in [-0.3, -0.25) is 4.79 Å². The molecule has 2 rings (SSSR count). The molecular weight excluding hydrogens is 326 g/mol. The Balaban J connectivity index is 2.14. The number of nitrogens with one attached hydrogen (secondary N) is 3. The van der Waals surface area contributed by atoms with Crippen LogP contribution in [0.5, 0.6) is 0 Å². The molecule has 0 aliphatic heterocycles. The molecule has 0 aliphatic carbocycles. The SMILES string of the molecule is COCCNc1ccc(C(=O)Nc2ccc(C)c(Cl)c2)cc1C=N. The zero-order chi connectivity index (χ0) is 17.5. The topological polar surface area (TPSA) is 74.2 Å². The molecule has 0 unspecified atom stereocenters. The maximum absolute atomic E-state index is 12.4. The van der Waals surface area contributed by atoms with E-state index < -0.39 is 0 Å². The Morgan fingerprint density at radius 2 is 2.08 bits per heavy atom. The fourth-order valence-electron chi connectivity index (χ4n) is 2.15. The third-order valence-corrected chi connectivity index (χ3v) is 3.93. The van der Waals surface area contributed by atoms with E-state index in [2.05, 4.69) is 10.6 Å². The molecule has 0 saturated carbocycles. The highest BCUT2D eigenvalue weighted by molar-refractivity contribution is 6.31. The van der Waals surface area contributed by atoms with Crippen LogP contribution in [0.3, 0.4) is 0 Å². The summed E-state index contributed by atoms with van der Waals surface area (Å²) in [5, 5.41) is 14.1. The molecule has 1 amide bonds. The number of carbonyl (C=O) groups excluding carboxylic acids is 1. The van der Waals surface area contributed by atoms with Gasteiger partial charge in [-0.15, -0.1) is 0 Å². The summed E-state index contributed by atoms with van der Waals surface area (Å²) >= 11 is 6.07. The number of benzene rings is 2. The lowest BCUT2D eigenvalue weighted by atomic mass is 10.1. The number of halogens is 1. The van der Waals surface area contributed by atoms with E-state index in [4.69, 9.17) is 21.7 Å². The molecular formula is C18H20ClN3O2. The highest BCUT2D eigenvalue weighted by Gasteiger charge is 2.10. The van der Waals surface area contributed by atoms with E-state index in [1.54, 1.807) is 37.4 Å². The Morgan fingerprint density at radius 3 is 2.75 bits per heavy atom. The van der Waals surface area contributed by atoms with Crippen molar-refractivity contribution in [2.24, 2.45) is 0 Å². The fourth-order valence-corrected chi connectivity index (χ4v) is 2.33. The molecule has 0 heterocycles. The van der Waals surface area contributed by atoms with Gasteiger partial charge in [-0.25, -0.2) is 0 Å². The van der Waals surface area contributed by atoms with E-state index in [1.807, 2.05) is 13.0 Å². The van der Waals surface area contributed by atoms with Gasteiger partial charge in [0.05, 0.1) is 6.61 Å². The van der Waals surface area contributed by atoms with Crippen LogP contribution in [0.1, 0.15) is 21.5 Å². The second-order valence-electron chi connectivity index (χ2n) is 5.28. The van der Waals surface area contributed by atoms with Crippen LogP contribution >= 0.6 is 11.6 Å². The Labute approximate surface area is 146 Å². The Morgan fingerprint density at radius 1 is 1.29 bits per heavy atom. The van der Waals surface area contributed by atoms with Crippen LogP contribution in [0.2, 0.25) is 5.02 Å². The molecule has 0 spiro atoms. The third-order valence-electron chi connectivity index (χ3n) is 3.52. The monoisotopic (exact) mass is 345 g/mol. The van der Waals surface area contributed by atoms with Gasteiger partial charge < -0.3 is 20.8 Å². The Bertz CT molecular complexity index is 747. The number of anilines is 2. The Hall–Kier alpha value is -2.37. The lowest BCUT2D eigenvalue weighted by Gasteiger charge is -2.11. The zero-order valence-electron chi connectivity index (χ0n) is 13.7. The van der Waals surface area contributed by atoms with Crippen LogP contribution in [0.15, 0.2) is 36.4 Å². The molecule has 0 bridgehead atoms. The van der Waals surface area contributed by atoms with Gasteiger partial charge in [-0.05, 0) is 42.8 Å². The van der Waals surface area contributed by atoms with Crippen LogP contribution in [0.4, 0.5) is 11.4 Å². The van der Waals surface area contributed by atoms with Crippen LogP contribution in [-0.2, 0) is 4.74 Å². The molecule has 24 heavy (non-hydrogen) atoms. The molecule has 0 atom stereocenters. The summed E-state index contributed by atoms with van der Waals surface area (Å²) in [5.74, 6) is -0.249. The number of rotatable bonds is 7. The van der Waals surface area contributed by atoms with Gasteiger partial charge in [0.2, 0.25) is 0 Å². The number of ether oxygens (including phenoxy) is 1. The summed E-state index contributed by atoms with van der Waals surface area (Å²) in [6.45, 7) is 3.10. The number of carbonyl (C=O) groups is 1. The molecule has 0 saturated heterocycles. The predicted octanol–water partition coefficient (Wildman–Crippen LogP) is 3.96. The van der Waals surface area contributed by atoms with E-state index in [1.165, 1.54) is 6.21 Å². The number of hydrogen-bond donors (Lipinski definition) is 3. The smallest absolute Gasteiger partial charge is 0.255 e. The van der Waals surface area contributed by atoms with E-state index >= 15 is 0 Å². The highest BCUT2D eigenvalue weighted by Crippen LogP contribution is 2.21. The number of amides is 1. The predicted molar refractivity (Wildman–Crippen MR) is 98.8 cm³/mol. The van der Waals surface area contributed by atoms with E-state index in [0.717, 1.165) is 11.3 Å². The summed E-state index contributed by atoms with van der Waals surface area (Å²) in [7, 11) is 1.63. The van der Waals surface area contributed by atoms with Gasteiger partial charge in [-0.1, -0.05) is 17.7 Å². The molecule has 0 radical (unpaired) electrons. The van der Waals surface area contributed by atoms with Crippen LogP contribution in [0, 0.1) is 12.3 Å². The molecule has 3 N–H and O–H groups in total. The van der Waals surface area contributed by atoms with Crippen LogP contribution in [-0.4, -0.2) is 32.4 Å². The summed E-state index contributed by atoms with van der Waals surface area (Å²) in [4.78, 5) is 12.4. The second kappa shape index (κ2) is 8.47. The summed E-state index contributed by atoms with van der Waals surface area (Å²) in [6, 6.07) is 10.5. The van der Waals surface area contributed by atoms with Crippen molar-refractivity contribution in [1.82, 2.24) is 0 Å². The number of aryl methyl sites for hydroxylation is 1. The van der Waals surface area contributed by atoms with Gasteiger partial charge in [-0.2, -0.15) is 0 Å². The van der Waals surface area contributed by atoms with Crippen molar-refractivity contribution < 1.29 is 9.53 Å². The Kier molecular flexibility index (Phi) is 6.35. The van der Waals surface area contributed by atoms with Crippen LogP contribution < -0.4 is 10.6 Å². The minimum atomic E-state index is -0.249. The number of hydrogen-bond acceptors (Lipinski definition) is 4. The van der Waals surface area contributed by atoms with E-state index in [0.29, 0.717) is 35.0 Å². The first-order valence-corrected chi connectivity index (χ1v) is 7.87. The molecule has 126 valence electrons. The molecule has 0 aromatic heterocycles. The lowest BCUT2D eigenvalue weighted by Crippen LogP contribution is -2.14. The molecule has 0 fully saturated rings. The minimum absolute atomic E-state index is 0.249. The summed E-state index contributed by atoms with van der Waals surface area (Å²) < 4.78 is 4.99. The number of methoxy groups -OCH3 is 1. The minimum Gasteiger partial charge on any atom is -0.383 e. The first-order chi connectivity index (χ1) is 11.5. The average molecular weight is 346 g/mol. The standard InChI is InChI=1S/C18H20ClN3O2/c1-12-3-5-15(10-16(12)19)22-18(23)13-4-6-17(14(9-13)11-20)21-7-8-24-2/h3-6,9-11,20-21H,7-8H2,1-2H3,(H,22,23). The summed E-state index contributed by atoms with van der Waals surface area (Å²) in [6.07, 6.45) is 1.22. The average Bonchev–Trinajstić information content (AvgIpc) is 2.58. The molecule has 0 aliphatic rings. The summed E-state index contributed by atoms with van der Waals surface area (Å²) in [5.41, 5.74) is 3.49. The van der Waals surface area contributed by atoms with Crippen molar-refractivity contribution in [3.05, 3.63) is 58.1 Å². The van der Waals surface area contributed by atoms with Crippen molar-refractivity contribution in [3.63, 3.8) is 0 Å². The maximum Gasteiger partial charge on any atom is 0.255 e. The fraction of sp³-hybridized carbons (Fsp3) is 0.222. The van der Waals surface area contributed by atoms with E-state index in [-0.39, 0.29) is 5.91 Å². The molecule has 2 aromatic carbocycles. The van der Waals surface area contributed by atoms with Crippen molar-refractivity contribution in [2.75, 3.05) is 30.9 Å². The molecule has 5 nitrogen and oxygen atoms in total. The van der Waals surface area contributed by atoms with Crippen molar-refractivity contribution in [1.29, 1.82) is 5.41 Å². The second-order valence-corrected chi connectivity index (χ2v) is 5.69.